The van der Waals surface area contributed by atoms with Crippen LogP contribution >= 0.6 is 22.7 Å². The summed E-state index contributed by atoms with van der Waals surface area (Å²) >= 11 is 3.49. The summed E-state index contributed by atoms with van der Waals surface area (Å²) in [7, 11) is 0. The SMILES string of the molecule is Cc1nc2cc(-c3ccc4nc(C)sc4c3)ccc2s1. The molecule has 0 spiro atoms. The highest BCUT2D eigenvalue weighted by Gasteiger charge is 2.06. The zero-order valence-electron chi connectivity index (χ0n) is 11.2. The van der Waals surface area contributed by atoms with Crippen LogP contribution in [0.15, 0.2) is 36.4 Å². The number of nitrogens with zero attached hydrogens (tertiary/aromatic N) is 2. The van der Waals surface area contributed by atoms with Gasteiger partial charge in [0.05, 0.1) is 30.4 Å². The van der Waals surface area contributed by atoms with E-state index in [9.17, 15) is 0 Å². The van der Waals surface area contributed by atoms with Crippen molar-refractivity contribution < 1.29 is 0 Å². The van der Waals surface area contributed by atoms with Gasteiger partial charge in [0.25, 0.3) is 0 Å². The van der Waals surface area contributed by atoms with Crippen LogP contribution in [0.25, 0.3) is 31.6 Å². The normalized spacial score (nSPS) is 11.5. The second kappa shape index (κ2) is 4.36. The lowest BCUT2D eigenvalue weighted by molar-refractivity contribution is 1.34. The molecule has 2 aromatic carbocycles. The first kappa shape index (κ1) is 12.0. The van der Waals surface area contributed by atoms with Gasteiger partial charge in [0.1, 0.15) is 0 Å². The van der Waals surface area contributed by atoms with Crippen LogP contribution in [0.5, 0.6) is 0 Å². The van der Waals surface area contributed by atoms with Gasteiger partial charge in [-0.05, 0) is 49.2 Å². The molecule has 2 heterocycles. The van der Waals surface area contributed by atoms with Crippen molar-refractivity contribution in [3.63, 3.8) is 0 Å². The van der Waals surface area contributed by atoms with Crippen molar-refractivity contribution in [2.45, 2.75) is 13.8 Å². The molecule has 20 heavy (non-hydrogen) atoms. The van der Waals surface area contributed by atoms with E-state index in [0.717, 1.165) is 21.0 Å². The van der Waals surface area contributed by atoms with E-state index < -0.39 is 0 Å². The van der Waals surface area contributed by atoms with Crippen molar-refractivity contribution in [2.75, 3.05) is 0 Å². The number of hydrogen-bond acceptors (Lipinski definition) is 4. The fourth-order valence-corrected chi connectivity index (χ4v) is 4.12. The van der Waals surface area contributed by atoms with Gasteiger partial charge in [0.2, 0.25) is 0 Å². The molecule has 0 N–H and O–H groups in total. The lowest BCUT2D eigenvalue weighted by Crippen LogP contribution is -1.78. The van der Waals surface area contributed by atoms with Crippen molar-refractivity contribution in [1.29, 1.82) is 0 Å². The number of thiazole rings is 2. The van der Waals surface area contributed by atoms with Gasteiger partial charge in [-0.15, -0.1) is 22.7 Å². The Morgan fingerprint density at radius 1 is 0.700 bits per heavy atom. The van der Waals surface area contributed by atoms with Crippen molar-refractivity contribution in [3.8, 4) is 11.1 Å². The Balaban J connectivity index is 1.90. The van der Waals surface area contributed by atoms with E-state index in [4.69, 9.17) is 0 Å². The van der Waals surface area contributed by atoms with Gasteiger partial charge >= 0.3 is 0 Å². The topological polar surface area (TPSA) is 25.8 Å². The Morgan fingerprint density at radius 3 is 2.20 bits per heavy atom. The average Bonchev–Trinajstić information content (AvgIpc) is 2.97. The zero-order chi connectivity index (χ0) is 13.7. The summed E-state index contributed by atoms with van der Waals surface area (Å²) in [6.07, 6.45) is 0. The first-order chi connectivity index (χ1) is 9.69. The fourth-order valence-electron chi connectivity index (χ4n) is 2.44. The first-order valence-corrected chi connectivity index (χ1v) is 8.07. The van der Waals surface area contributed by atoms with Crippen LogP contribution in [0.4, 0.5) is 0 Å². The molecule has 0 aliphatic heterocycles. The van der Waals surface area contributed by atoms with Crippen LogP contribution in [0.1, 0.15) is 10.0 Å². The minimum Gasteiger partial charge on any atom is -0.242 e. The average molecular weight is 296 g/mol. The summed E-state index contributed by atoms with van der Waals surface area (Å²) in [5, 5.41) is 2.23. The van der Waals surface area contributed by atoms with Gasteiger partial charge in [-0.25, -0.2) is 9.97 Å². The molecule has 0 aliphatic carbocycles. The van der Waals surface area contributed by atoms with Crippen molar-refractivity contribution in [2.24, 2.45) is 0 Å². The van der Waals surface area contributed by atoms with Crippen molar-refractivity contribution in [1.82, 2.24) is 9.97 Å². The molecule has 2 aromatic heterocycles. The van der Waals surface area contributed by atoms with Gasteiger partial charge in [0.15, 0.2) is 0 Å². The van der Waals surface area contributed by atoms with E-state index in [1.165, 1.54) is 20.5 Å². The van der Waals surface area contributed by atoms with Gasteiger partial charge < -0.3 is 0 Å². The quantitative estimate of drug-likeness (QED) is 0.483. The van der Waals surface area contributed by atoms with Gasteiger partial charge in [-0.3, -0.25) is 0 Å². The summed E-state index contributed by atoms with van der Waals surface area (Å²) in [5.41, 5.74) is 4.62. The maximum absolute atomic E-state index is 4.57. The molecule has 4 heteroatoms. The Morgan fingerprint density at radius 2 is 1.35 bits per heavy atom. The molecule has 0 saturated heterocycles. The number of hydrogen-bond donors (Lipinski definition) is 0. The molecule has 0 radical (unpaired) electrons. The molecule has 0 bridgehead atoms. The number of fused-ring (bicyclic) bond motifs is 2. The van der Waals surface area contributed by atoms with E-state index >= 15 is 0 Å². The van der Waals surface area contributed by atoms with Crippen LogP contribution in [-0.4, -0.2) is 9.97 Å². The minimum atomic E-state index is 1.09. The van der Waals surface area contributed by atoms with Crippen molar-refractivity contribution >= 4 is 43.1 Å². The third-order valence-corrected chi connectivity index (χ3v) is 5.21. The lowest BCUT2D eigenvalue weighted by atomic mass is 10.1. The first-order valence-electron chi connectivity index (χ1n) is 6.44. The summed E-state index contributed by atoms with van der Waals surface area (Å²) in [6, 6.07) is 13.0. The molecule has 0 atom stereocenters. The molecule has 0 amide bonds. The number of aryl methyl sites for hydroxylation is 2. The van der Waals surface area contributed by atoms with Crippen LogP contribution < -0.4 is 0 Å². The van der Waals surface area contributed by atoms with Crippen molar-refractivity contribution in [3.05, 3.63) is 46.4 Å². The van der Waals surface area contributed by atoms with E-state index in [2.05, 4.69) is 60.2 Å². The maximum Gasteiger partial charge on any atom is 0.0907 e. The smallest absolute Gasteiger partial charge is 0.0907 e. The van der Waals surface area contributed by atoms with E-state index in [1.54, 1.807) is 22.7 Å². The number of aromatic nitrogens is 2. The molecule has 2 nitrogen and oxygen atoms in total. The molecule has 4 rings (SSSR count). The molecular weight excluding hydrogens is 284 g/mol. The van der Waals surface area contributed by atoms with Gasteiger partial charge in [0, 0.05) is 0 Å². The zero-order valence-corrected chi connectivity index (χ0v) is 12.8. The molecule has 0 saturated carbocycles. The summed E-state index contributed by atoms with van der Waals surface area (Å²) < 4.78 is 2.50. The molecule has 0 fully saturated rings. The highest BCUT2D eigenvalue weighted by Crippen LogP contribution is 2.31. The van der Waals surface area contributed by atoms with Crippen LogP contribution in [-0.2, 0) is 0 Å². The molecule has 0 aliphatic rings. The summed E-state index contributed by atoms with van der Waals surface area (Å²) in [5.74, 6) is 0. The summed E-state index contributed by atoms with van der Waals surface area (Å²) in [6.45, 7) is 4.10. The molecule has 98 valence electrons. The third kappa shape index (κ3) is 1.92. The predicted octanol–water partition coefficient (Wildman–Crippen LogP) is 5.19. The molecule has 0 unspecified atom stereocenters. The van der Waals surface area contributed by atoms with Gasteiger partial charge in [-0.1, -0.05) is 12.1 Å². The Kier molecular flexibility index (Phi) is 2.62. The van der Waals surface area contributed by atoms with E-state index in [1.807, 2.05) is 0 Å². The van der Waals surface area contributed by atoms with E-state index in [-0.39, 0.29) is 0 Å². The molecular formula is C16H12N2S2. The van der Waals surface area contributed by atoms with Crippen LogP contribution in [0, 0.1) is 13.8 Å². The lowest BCUT2D eigenvalue weighted by Gasteiger charge is -2.01. The number of rotatable bonds is 1. The second-order valence-electron chi connectivity index (χ2n) is 4.83. The highest BCUT2D eigenvalue weighted by molar-refractivity contribution is 7.18. The summed E-state index contributed by atoms with van der Waals surface area (Å²) in [4.78, 5) is 9.08. The Labute approximate surface area is 124 Å². The van der Waals surface area contributed by atoms with Gasteiger partial charge in [-0.2, -0.15) is 0 Å². The van der Waals surface area contributed by atoms with E-state index in [0.29, 0.717) is 0 Å². The minimum absolute atomic E-state index is 1.09. The maximum atomic E-state index is 4.57. The van der Waals surface area contributed by atoms with Crippen LogP contribution in [0.3, 0.4) is 0 Å². The Hall–Kier alpha value is -1.78. The van der Waals surface area contributed by atoms with Crippen LogP contribution in [0.2, 0.25) is 0 Å². The highest BCUT2D eigenvalue weighted by atomic mass is 32.1. The standard InChI is InChI=1S/C16H12N2S2/c1-9-17-13-5-3-12(8-16(13)20-9)11-4-6-15-14(7-11)18-10(2)19-15/h3-8H,1-2H3. The largest absolute Gasteiger partial charge is 0.242 e. The Bertz CT molecular complexity index is 856. The fraction of sp³-hybridized carbons (Fsp3) is 0.125. The monoisotopic (exact) mass is 296 g/mol. The second-order valence-corrected chi connectivity index (χ2v) is 7.30. The predicted molar refractivity (Wildman–Crippen MR) is 87.7 cm³/mol. The third-order valence-electron chi connectivity index (χ3n) is 3.32. The molecule has 4 aromatic rings. The number of benzene rings is 2.